The lowest BCUT2D eigenvalue weighted by atomic mass is 10.1. The summed E-state index contributed by atoms with van der Waals surface area (Å²) < 4.78 is 1.84. The van der Waals surface area contributed by atoms with Crippen LogP contribution in [-0.2, 0) is 6.54 Å². The molecule has 1 saturated heterocycles. The maximum atomic E-state index is 4.96. The maximum absolute atomic E-state index is 4.96. The number of piperazine rings is 1. The highest BCUT2D eigenvalue weighted by molar-refractivity contribution is 5.74. The molecule has 1 aromatic carbocycles. The molecule has 0 amide bonds. The molecule has 6 rings (SSSR count). The number of para-hydroxylation sites is 2. The van der Waals surface area contributed by atoms with Gasteiger partial charge < -0.3 is 20.5 Å². The van der Waals surface area contributed by atoms with E-state index in [0.29, 0.717) is 30.5 Å². The van der Waals surface area contributed by atoms with Gasteiger partial charge in [-0.3, -0.25) is 0 Å². The van der Waals surface area contributed by atoms with E-state index < -0.39 is 0 Å². The Labute approximate surface area is 180 Å². The molecule has 1 saturated carbocycles. The summed E-state index contributed by atoms with van der Waals surface area (Å²) in [6, 6.07) is 8.84. The number of aromatic nitrogens is 6. The highest BCUT2D eigenvalue weighted by Gasteiger charge is 2.30. The summed E-state index contributed by atoms with van der Waals surface area (Å²) in [5, 5.41) is 11.7. The van der Waals surface area contributed by atoms with Crippen molar-refractivity contribution in [1.29, 1.82) is 0 Å². The van der Waals surface area contributed by atoms with Crippen molar-refractivity contribution in [3.63, 3.8) is 0 Å². The van der Waals surface area contributed by atoms with E-state index in [4.69, 9.17) is 9.97 Å². The number of benzene rings is 1. The minimum absolute atomic E-state index is 0.392. The monoisotopic (exact) mass is 417 g/mol. The van der Waals surface area contributed by atoms with E-state index in [1.54, 1.807) is 0 Å². The van der Waals surface area contributed by atoms with Gasteiger partial charge in [0.2, 0.25) is 11.9 Å². The minimum Gasteiger partial charge on any atom is -0.347 e. The second kappa shape index (κ2) is 7.19. The van der Waals surface area contributed by atoms with Crippen molar-refractivity contribution in [2.75, 3.05) is 23.3 Å². The van der Waals surface area contributed by atoms with Crippen LogP contribution >= 0.6 is 0 Å². The van der Waals surface area contributed by atoms with Crippen LogP contribution in [0.3, 0.4) is 0 Å². The fourth-order valence-corrected chi connectivity index (χ4v) is 4.56. The normalized spacial score (nSPS) is 21.8. The Morgan fingerprint density at radius 3 is 2.65 bits per heavy atom. The Morgan fingerprint density at radius 2 is 1.87 bits per heavy atom. The summed E-state index contributed by atoms with van der Waals surface area (Å²) in [7, 11) is 0. The van der Waals surface area contributed by atoms with Crippen molar-refractivity contribution in [1.82, 2.24) is 34.9 Å². The second-order valence-electron chi connectivity index (χ2n) is 8.88. The minimum atomic E-state index is 0.392. The van der Waals surface area contributed by atoms with Crippen molar-refractivity contribution in [2.24, 2.45) is 0 Å². The zero-order valence-electron chi connectivity index (χ0n) is 17.8. The summed E-state index contributed by atoms with van der Waals surface area (Å²) >= 11 is 0. The highest BCUT2D eigenvalue weighted by atomic mass is 15.4. The van der Waals surface area contributed by atoms with Gasteiger partial charge in [0, 0.05) is 30.7 Å². The lowest BCUT2D eigenvalue weighted by molar-refractivity contribution is 0.403. The van der Waals surface area contributed by atoms with Gasteiger partial charge in [-0.2, -0.15) is 19.6 Å². The fraction of sp³-hybridized carbons (Fsp3) is 0.455. The summed E-state index contributed by atoms with van der Waals surface area (Å²) in [4.78, 5) is 20.2. The Kier molecular flexibility index (Phi) is 4.31. The first-order chi connectivity index (χ1) is 15.1. The summed E-state index contributed by atoms with van der Waals surface area (Å²) in [5.41, 5.74) is 4.14. The van der Waals surface area contributed by atoms with Crippen molar-refractivity contribution in [3.8, 4) is 0 Å². The number of nitrogens with zero attached hydrogens (tertiary/aromatic N) is 6. The van der Waals surface area contributed by atoms with Gasteiger partial charge in [0.1, 0.15) is 5.82 Å². The average molecular weight is 418 g/mol. The zero-order chi connectivity index (χ0) is 20.9. The number of rotatable bonds is 5. The van der Waals surface area contributed by atoms with Gasteiger partial charge >= 0.3 is 0 Å². The van der Waals surface area contributed by atoms with Crippen LogP contribution in [0, 0.1) is 0 Å². The highest BCUT2D eigenvalue weighted by Crippen LogP contribution is 2.42. The van der Waals surface area contributed by atoms with Crippen LogP contribution < -0.4 is 15.5 Å². The largest absolute Gasteiger partial charge is 0.347 e. The molecule has 160 valence electrons. The van der Waals surface area contributed by atoms with Gasteiger partial charge in [-0.1, -0.05) is 12.1 Å². The molecule has 9 heteroatoms. The predicted molar refractivity (Wildman–Crippen MR) is 120 cm³/mol. The van der Waals surface area contributed by atoms with Crippen LogP contribution in [0.4, 0.5) is 11.9 Å². The Balaban J connectivity index is 1.36. The summed E-state index contributed by atoms with van der Waals surface area (Å²) in [6.07, 6.45) is 4.38. The van der Waals surface area contributed by atoms with Crippen molar-refractivity contribution >= 4 is 28.6 Å². The van der Waals surface area contributed by atoms with E-state index in [-0.39, 0.29) is 0 Å². The van der Waals surface area contributed by atoms with Crippen LogP contribution in [0.2, 0.25) is 0 Å². The van der Waals surface area contributed by atoms with E-state index in [2.05, 4.69) is 44.4 Å². The quantitative estimate of drug-likeness (QED) is 0.459. The summed E-state index contributed by atoms with van der Waals surface area (Å²) in [5.74, 6) is 2.91. The zero-order valence-corrected chi connectivity index (χ0v) is 17.8. The molecule has 0 unspecified atom stereocenters. The van der Waals surface area contributed by atoms with Crippen LogP contribution in [-0.4, -0.2) is 54.7 Å². The van der Waals surface area contributed by atoms with Crippen molar-refractivity contribution in [3.05, 3.63) is 41.9 Å². The van der Waals surface area contributed by atoms with Gasteiger partial charge in [0.05, 0.1) is 23.8 Å². The number of aromatic amines is 1. The van der Waals surface area contributed by atoms with E-state index >= 15 is 0 Å². The molecule has 3 aromatic heterocycles. The number of H-pyrrole nitrogens is 1. The van der Waals surface area contributed by atoms with Gasteiger partial charge in [-0.05, 0) is 44.7 Å². The number of hydrogen-bond acceptors (Lipinski definition) is 7. The lowest BCUT2D eigenvalue weighted by Gasteiger charge is -2.36. The standard InChI is InChI=1S/C22H27N9/c1-13-11-30(12-14(2)25-13)22-28-20-16(15-7-8-15)9-24-31(20)21(29-22)23-10-19-26-17-5-3-4-6-18(17)27-19/h3-6,9,13-15,25H,7-8,10-12H2,1-2H3,(H,26,27)(H,23,28,29)/t13-,14+. The first-order valence-electron chi connectivity index (χ1n) is 11.1. The van der Waals surface area contributed by atoms with Crippen LogP contribution in [0.15, 0.2) is 30.5 Å². The lowest BCUT2D eigenvalue weighted by Crippen LogP contribution is -2.54. The molecule has 31 heavy (non-hydrogen) atoms. The van der Waals surface area contributed by atoms with E-state index in [9.17, 15) is 0 Å². The van der Waals surface area contributed by atoms with Gasteiger partial charge in [0.25, 0.3) is 0 Å². The number of anilines is 2. The number of fused-ring (bicyclic) bond motifs is 2. The van der Waals surface area contributed by atoms with Gasteiger partial charge in [-0.25, -0.2) is 4.98 Å². The molecule has 4 aromatic rings. The first-order valence-corrected chi connectivity index (χ1v) is 11.1. The molecule has 2 atom stereocenters. The third-order valence-electron chi connectivity index (χ3n) is 6.09. The third kappa shape index (κ3) is 3.48. The molecule has 9 nitrogen and oxygen atoms in total. The van der Waals surface area contributed by atoms with Crippen LogP contribution in [0.1, 0.15) is 44.0 Å². The van der Waals surface area contributed by atoms with Crippen LogP contribution in [0.5, 0.6) is 0 Å². The average Bonchev–Trinajstić information content (AvgIpc) is 3.36. The molecule has 2 fully saturated rings. The Bertz CT molecular complexity index is 1200. The van der Waals surface area contributed by atoms with Gasteiger partial charge in [0.15, 0.2) is 5.65 Å². The van der Waals surface area contributed by atoms with Gasteiger partial charge in [-0.15, -0.1) is 0 Å². The Hall–Kier alpha value is -3.20. The molecule has 2 aliphatic rings. The molecule has 0 spiro atoms. The number of hydrogen-bond donors (Lipinski definition) is 3. The molecule has 0 radical (unpaired) electrons. The molecule has 0 bridgehead atoms. The van der Waals surface area contributed by atoms with E-state index in [1.165, 1.54) is 18.4 Å². The topological polar surface area (TPSA) is 99.1 Å². The maximum Gasteiger partial charge on any atom is 0.230 e. The third-order valence-corrected chi connectivity index (χ3v) is 6.09. The second-order valence-corrected chi connectivity index (χ2v) is 8.88. The van der Waals surface area contributed by atoms with E-state index in [1.807, 2.05) is 35.0 Å². The number of nitrogens with one attached hydrogen (secondary N) is 3. The SMILES string of the molecule is C[C@@H]1CN(c2nc(NCc3nc4ccccc4[nH]3)n3ncc(C4CC4)c3n2)C[C@H](C)N1. The Morgan fingerprint density at radius 1 is 1.06 bits per heavy atom. The summed E-state index contributed by atoms with van der Waals surface area (Å²) in [6.45, 7) is 6.72. The van der Waals surface area contributed by atoms with Crippen LogP contribution in [0.25, 0.3) is 16.7 Å². The van der Waals surface area contributed by atoms with Crippen molar-refractivity contribution in [2.45, 2.75) is 51.2 Å². The smallest absolute Gasteiger partial charge is 0.230 e. The molecule has 1 aliphatic heterocycles. The fourth-order valence-electron chi connectivity index (χ4n) is 4.56. The molecular formula is C22H27N9. The number of imidazole rings is 1. The molecule has 1 aliphatic carbocycles. The first kappa shape index (κ1) is 18.6. The van der Waals surface area contributed by atoms with Crippen molar-refractivity contribution < 1.29 is 0 Å². The predicted octanol–water partition coefficient (Wildman–Crippen LogP) is 2.68. The molecule has 4 heterocycles. The molecular weight excluding hydrogens is 390 g/mol. The van der Waals surface area contributed by atoms with E-state index in [0.717, 1.165) is 41.5 Å². The molecule has 3 N–H and O–H groups in total.